The zero-order valence-corrected chi connectivity index (χ0v) is 9.81. The van der Waals surface area contributed by atoms with E-state index in [9.17, 15) is 22.7 Å². The van der Waals surface area contributed by atoms with Crippen molar-refractivity contribution >= 4 is 15.9 Å². The molecular formula is C9H8BrF4NO2. The number of alkyl halides is 2. The lowest BCUT2D eigenvalue weighted by Gasteiger charge is -2.23. The number of phenols is 1. The van der Waals surface area contributed by atoms with Gasteiger partial charge in [0.25, 0.3) is 5.92 Å². The van der Waals surface area contributed by atoms with E-state index in [0.29, 0.717) is 6.07 Å². The molecule has 0 aliphatic heterocycles. The van der Waals surface area contributed by atoms with E-state index in [-0.39, 0.29) is 4.47 Å². The second-order valence-corrected chi connectivity index (χ2v) is 4.17. The summed E-state index contributed by atoms with van der Waals surface area (Å²) in [5, 5.41) is 17.8. The Morgan fingerprint density at radius 2 is 1.94 bits per heavy atom. The van der Waals surface area contributed by atoms with Crippen molar-refractivity contribution in [2.75, 3.05) is 6.61 Å². The molecule has 1 aromatic rings. The fourth-order valence-electron chi connectivity index (χ4n) is 1.20. The predicted octanol–water partition coefficient (Wildman–Crippen LogP) is 2.06. The van der Waals surface area contributed by atoms with E-state index in [0.717, 1.165) is 0 Å². The molecule has 0 aromatic heterocycles. The summed E-state index contributed by atoms with van der Waals surface area (Å²) in [6, 6.07) is -1.78. The molecule has 17 heavy (non-hydrogen) atoms. The van der Waals surface area contributed by atoms with Crippen molar-refractivity contribution in [3.8, 4) is 5.75 Å². The van der Waals surface area contributed by atoms with Gasteiger partial charge < -0.3 is 15.9 Å². The van der Waals surface area contributed by atoms with Crippen LogP contribution >= 0.6 is 15.9 Å². The number of hydrogen-bond acceptors (Lipinski definition) is 3. The Balaban J connectivity index is 3.41. The van der Waals surface area contributed by atoms with Crippen LogP contribution in [0.4, 0.5) is 17.6 Å². The summed E-state index contributed by atoms with van der Waals surface area (Å²) in [7, 11) is 0. The van der Waals surface area contributed by atoms with Crippen molar-refractivity contribution in [1.29, 1.82) is 0 Å². The van der Waals surface area contributed by atoms with Crippen molar-refractivity contribution in [3.05, 3.63) is 27.7 Å². The van der Waals surface area contributed by atoms with Gasteiger partial charge in [0.1, 0.15) is 18.4 Å². The Morgan fingerprint density at radius 3 is 2.41 bits per heavy atom. The number of halogens is 5. The molecule has 0 radical (unpaired) electrons. The van der Waals surface area contributed by atoms with Crippen molar-refractivity contribution in [1.82, 2.24) is 0 Å². The first-order valence-corrected chi connectivity index (χ1v) is 5.12. The normalized spacial score (nSPS) is 13.8. The summed E-state index contributed by atoms with van der Waals surface area (Å²) < 4.78 is 52.1. The van der Waals surface area contributed by atoms with Crippen LogP contribution in [-0.2, 0) is 0 Å². The van der Waals surface area contributed by atoms with Gasteiger partial charge in [-0.05, 0) is 22.0 Å². The molecule has 0 amide bonds. The number of phenolic OH excluding ortho intramolecular Hbond substituents is 1. The Kier molecular flexibility index (Phi) is 4.00. The molecule has 0 aliphatic carbocycles. The number of hydrogen-bond donors (Lipinski definition) is 3. The highest BCUT2D eigenvalue weighted by Gasteiger charge is 2.41. The van der Waals surface area contributed by atoms with Crippen molar-refractivity contribution in [3.63, 3.8) is 0 Å². The average molecular weight is 318 g/mol. The molecule has 96 valence electrons. The summed E-state index contributed by atoms with van der Waals surface area (Å²) in [5.74, 6) is -7.92. The third-order valence-electron chi connectivity index (χ3n) is 2.16. The molecule has 0 unspecified atom stereocenters. The molecule has 0 heterocycles. The van der Waals surface area contributed by atoms with Gasteiger partial charge in [-0.25, -0.2) is 17.6 Å². The third-order valence-corrected chi connectivity index (χ3v) is 2.76. The van der Waals surface area contributed by atoms with Crippen LogP contribution < -0.4 is 5.73 Å². The monoisotopic (exact) mass is 317 g/mol. The van der Waals surface area contributed by atoms with Crippen molar-refractivity contribution < 1.29 is 27.8 Å². The van der Waals surface area contributed by atoms with Gasteiger partial charge in [-0.15, -0.1) is 0 Å². The maximum atomic E-state index is 13.3. The summed E-state index contributed by atoms with van der Waals surface area (Å²) in [5.41, 5.74) is 3.94. The quantitative estimate of drug-likeness (QED) is 0.590. The minimum absolute atomic E-state index is 0.310. The smallest absolute Gasteiger partial charge is 0.289 e. The minimum atomic E-state index is -3.88. The molecule has 0 fully saturated rings. The van der Waals surface area contributed by atoms with Crippen LogP contribution in [0.5, 0.6) is 5.75 Å². The zero-order chi connectivity index (χ0) is 13.4. The van der Waals surface area contributed by atoms with Crippen LogP contribution in [0.25, 0.3) is 0 Å². The Bertz CT molecular complexity index is 415. The van der Waals surface area contributed by atoms with Crippen LogP contribution in [0, 0.1) is 11.6 Å². The molecule has 0 bridgehead atoms. The summed E-state index contributed by atoms with van der Waals surface area (Å²) >= 11 is 2.67. The lowest BCUT2D eigenvalue weighted by atomic mass is 10.00. The highest BCUT2D eigenvalue weighted by atomic mass is 79.9. The average Bonchev–Trinajstić information content (AvgIpc) is 2.26. The number of aromatic hydroxyl groups is 1. The maximum absolute atomic E-state index is 13.3. The highest BCUT2D eigenvalue weighted by molar-refractivity contribution is 9.10. The Labute approximate surface area is 102 Å². The van der Waals surface area contributed by atoms with Gasteiger partial charge in [0.15, 0.2) is 11.6 Å². The van der Waals surface area contributed by atoms with Gasteiger partial charge in [0, 0.05) is 0 Å². The molecule has 1 aromatic carbocycles. The molecule has 4 N–H and O–H groups in total. The Hall–Kier alpha value is -0.860. The van der Waals surface area contributed by atoms with Gasteiger partial charge >= 0.3 is 0 Å². The molecule has 0 aliphatic rings. The molecule has 8 heteroatoms. The second-order valence-electron chi connectivity index (χ2n) is 3.31. The van der Waals surface area contributed by atoms with E-state index in [1.807, 2.05) is 0 Å². The zero-order valence-electron chi connectivity index (χ0n) is 8.22. The second kappa shape index (κ2) is 4.79. The predicted molar refractivity (Wildman–Crippen MR) is 54.7 cm³/mol. The molecule has 0 spiro atoms. The maximum Gasteiger partial charge on any atom is 0.289 e. The van der Waals surface area contributed by atoms with Crippen LogP contribution in [0.3, 0.4) is 0 Å². The number of nitrogens with two attached hydrogens (primary N) is 1. The first kappa shape index (κ1) is 14.2. The summed E-state index contributed by atoms with van der Waals surface area (Å²) in [6.07, 6.45) is 0. The fourth-order valence-corrected chi connectivity index (χ4v) is 1.61. The lowest BCUT2D eigenvalue weighted by molar-refractivity contribution is -0.0724. The minimum Gasteiger partial charge on any atom is -0.506 e. The summed E-state index contributed by atoms with van der Waals surface area (Å²) in [4.78, 5) is 0. The van der Waals surface area contributed by atoms with Crippen LogP contribution in [0.1, 0.15) is 11.6 Å². The van der Waals surface area contributed by atoms with E-state index >= 15 is 0 Å². The lowest BCUT2D eigenvalue weighted by Crippen LogP contribution is -2.37. The van der Waals surface area contributed by atoms with E-state index < -0.39 is 41.5 Å². The number of aliphatic hydroxyl groups excluding tert-OH is 1. The van der Waals surface area contributed by atoms with Crippen molar-refractivity contribution in [2.45, 2.75) is 12.0 Å². The van der Waals surface area contributed by atoms with E-state index in [1.165, 1.54) is 0 Å². The Morgan fingerprint density at radius 1 is 1.41 bits per heavy atom. The molecule has 0 saturated heterocycles. The van der Waals surface area contributed by atoms with Gasteiger partial charge in [-0.1, -0.05) is 0 Å². The summed E-state index contributed by atoms with van der Waals surface area (Å²) in [6.45, 7) is -1.65. The highest BCUT2D eigenvalue weighted by Crippen LogP contribution is 2.40. The largest absolute Gasteiger partial charge is 0.506 e. The standard InChI is InChI=1S/C9H8BrF4NO2/c10-3-1-4(11)6(12)5(7(3)17)8(15)9(13,14)2-16/h1,8,16-17H,2,15H2/t8-/m0/s1. The third kappa shape index (κ3) is 2.53. The van der Waals surface area contributed by atoms with Gasteiger partial charge in [-0.3, -0.25) is 0 Å². The van der Waals surface area contributed by atoms with Crippen LogP contribution in [0.15, 0.2) is 10.5 Å². The SMILES string of the molecule is N[C@@H](c1c(O)c(Br)cc(F)c1F)C(F)(F)CO. The number of rotatable bonds is 3. The van der Waals surface area contributed by atoms with E-state index in [2.05, 4.69) is 15.9 Å². The van der Waals surface area contributed by atoms with Gasteiger partial charge in [-0.2, -0.15) is 0 Å². The van der Waals surface area contributed by atoms with Gasteiger partial charge in [0.05, 0.1) is 10.0 Å². The number of aliphatic hydroxyl groups is 1. The topological polar surface area (TPSA) is 66.5 Å². The first-order valence-electron chi connectivity index (χ1n) is 4.33. The van der Waals surface area contributed by atoms with Gasteiger partial charge in [0.2, 0.25) is 0 Å². The van der Waals surface area contributed by atoms with Crippen LogP contribution in [0.2, 0.25) is 0 Å². The molecule has 1 rings (SSSR count). The first-order chi connectivity index (χ1) is 7.72. The molecule has 3 nitrogen and oxygen atoms in total. The van der Waals surface area contributed by atoms with E-state index in [4.69, 9.17) is 10.8 Å². The molecular weight excluding hydrogens is 310 g/mol. The fraction of sp³-hybridized carbons (Fsp3) is 0.333. The van der Waals surface area contributed by atoms with Crippen molar-refractivity contribution in [2.24, 2.45) is 5.73 Å². The van der Waals surface area contributed by atoms with Crippen LogP contribution in [-0.4, -0.2) is 22.7 Å². The molecule has 0 saturated carbocycles. The van der Waals surface area contributed by atoms with E-state index in [1.54, 1.807) is 0 Å². The molecule has 1 atom stereocenters. The number of benzene rings is 1.